The molecule has 0 aliphatic rings. The molecule has 0 radical (unpaired) electrons. The van der Waals surface area contributed by atoms with Crippen LogP contribution in [0.4, 0.5) is 0 Å². The minimum absolute atomic E-state index is 0.00144. The number of Topliss-reactive ketones (excluding diaryl/α,β-unsaturated/α-hetero) is 1. The van der Waals surface area contributed by atoms with E-state index in [2.05, 4.69) is 10.3 Å². The first-order chi connectivity index (χ1) is 7.97. The van der Waals surface area contributed by atoms with Crippen LogP contribution >= 0.6 is 0 Å². The van der Waals surface area contributed by atoms with Crippen LogP contribution in [0.15, 0.2) is 29.8 Å². The van der Waals surface area contributed by atoms with Crippen molar-refractivity contribution in [3.05, 3.63) is 35.0 Å². The molecule has 0 amide bonds. The molecule has 1 aromatic heterocycles. The second-order valence-electron chi connectivity index (χ2n) is 2.93. The first-order valence-electron chi connectivity index (χ1n) is 5.48. The molecule has 0 aromatic carbocycles. The van der Waals surface area contributed by atoms with Gasteiger partial charge in [-0.3, -0.25) is 14.8 Å². The van der Waals surface area contributed by atoms with E-state index in [-0.39, 0.29) is 18.6 Å². The quantitative estimate of drug-likeness (QED) is 0.406. The van der Waals surface area contributed by atoms with Gasteiger partial charge in [-0.2, -0.15) is 0 Å². The van der Waals surface area contributed by atoms with Gasteiger partial charge in [-0.15, -0.1) is 4.91 Å². The van der Waals surface area contributed by atoms with Gasteiger partial charge >= 0.3 is 0 Å². The molecule has 0 fully saturated rings. The Bertz CT molecular complexity index is 398. The van der Waals surface area contributed by atoms with Crippen molar-refractivity contribution in [3.63, 3.8) is 0 Å². The van der Waals surface area contributed by atoms with Gasteiger partial charge in [-0.25, -0.2) is 0 Å². The van der Waals surface area contributed by atoms with Crippen molar-refractivity contribution in [2.24, 2.45) is 5.29 Å². The van der Waals surface area contributed by atoms with Gasteiger partial charge in [0, 0.05) is 37.9 Å². The molecule has 15 heavy (non-hydrogen) atoms. The molecule has 1 aromatic rings. The topological polar surface area (TPSA) is 62.6 Å². The predicted molar refractivity (Wildman–Crippen MR) is 56.2 cm³/mol. The lowest BCUT2D eigenvalue weighted by atomic mass is 10.1. The number of rotatable bonds is 6. The predicted octanol–water partition coefficient (Wildman–Crippen LogP) is 1.66. The summed E-state index contributed by atoms with van der Waals surface area (Å²) < 4.78 is 15.0. The lowest BCUT2D eigenvalue weighted by Crippen LogP contribution is -2.13. The molecule has 0 aliphatic heterocycles. The highest BCUT2D eigenvalue weighted by atomic mass is 16.3. The van der Waals surface area contributed by atoms with Crippen molar-refractivity contribution in [3.8, 4) is 0 Å². The molecule has 80 valence electrons. The third-order valence-corrected chi connectivity index (χ3v) is 1.80. The Hall–Kier alpha value is -1.78. The molecule has 0 spiro atoms. The molecule has 0 N–H and O–H groups in total. The van der Waals surface area contributed by atoms with E-state index in [9.17, 15) is 9.70 Å². The van der Waals surface area contributed by atoms with Crippen LogP contribution in [0, 0.1) is 4.91 Å². The van der Waals surface area contributed by atoms with E-state index in [1.165, 1.54) is 13.2 Å². The van der Waals surface area contributed by atoms with Crippen LogP contribution in [0.2, 0.25) is 0 Å². The number of aromatic nitrogens is 1. The van der Waals surface area contributed by atoms with E-state index >= 15 is 0 Å². The van der Waals surface area contributed by atoms with Crippen LogP contribution in [0.3, 0.4) is 0 Å². The van der Waals surface area contributed by atoms with Crippen molar-refractivity contribution < 1.29 is 7.54 Å². The zero-order valence-electron chi connectivity index (χ0n) is 10.4. The number of nitrogens with zero attached hydrogens (tertiary/aromatic N) is 3. The minimum Gasteiger partial charge on any atom is -0.294 e. The van der Waals surface area contributed by atoms with Crippen molar-refractivity contribution in [2.75, 3.05) is 13.5 Å². The molecular weight excluding hydrogens is 194 g/mol. The highest BCUT2D eigenvalue weighted by molar-refractivity contribution is 5.95. The summed E-state index contributed by atoms with van der Waals surface area (Å²) in [7, 11) is 1.24. The summed E-state index contributed by atoms with van der Waals surface area (Å²) in [5, 5.41) is 3.17. The minimum atomic E-state index is -1.92. The summed E-state index contributed by atoms with van der Waals surface area (Å²) >= 11 is 0. The molecule has 5 heteroatoms. The van der Waals surface area contributed by atoms with Crippen LogP contribution in [-0.4, -0.2) is 29.3 Å². The number of carbonyl (C=O) groups excluding carboxylic acids is 1. The average Bonchev–Trinajstić information content (AvgIpc) is 2.36. The highest BCUT2D eigenvalue weighted by Crippen LogP contribution is 2.03. The van der Waals surface area contributed by atoms with E-state index in [1.54, 1.807) is 18.3 Å². The number of carbonyl (C=O) groups is 1. The maximum absolute atomic E-state index is 11.7. The fraction of sp³-hybridized carbons (Fsp3) is 0.400. The fourth-order valence-electron chi connectivity index (χ4n) is 1.03. The van der Waals surface area contributed by atoms with Gasteiger partial charge in [0.05, 0.1) is 8.03 Å². The van der Waals surface area contributed by atoms with E-state index in [1.807, 2.05) is 0 Å². The largest absolute Gasteiger partial charge is 0.294 e. The summed E-state index contributed by atoms with van der Waals surface area (Å²) in [5.41, 5.74) is 0.435. The van der Waals surface area contributed by atoms with E-state index in [0.717, 1.165) is 0 Å². The second-order valence-corrected chi connectivity index (χ2v) is 2.93. The lowest BCUT2D eigenvalue weighted by Gasteiger charge is -2.06. The lowest BCUT2D eigenvalue weighted by molar-refractivity contribution is 0.0976. The summed E-state index contributed by atoms with van der Waals surface area (Å²) in [6.45, 7) is -1.92. The first-order valence-corrected chi connectivity index (χ1v) is 4.48. The zero-order chi connectivity index (χ0) is 12.9. The van der Waals surface area contributed by atoms with Crippen LogP contribution in [0.1, 0.15) is 25.9 Å². The summed E-state index contributed by atoms with van der Waals surface area (Å²) in [4.78, 5) is 25.7. The Balaban J connectivity index is 2.57. The van der Waals surface area contributed by atoms with Crippen LogP contribution in [-0.2, 0) is 0 Å². The van der Waals surface area contributed by atoms with Crippen molar-refractivity contribution >= 4 is 5.78 Å². The molecule has 0 bridgehead atoms. The van der Waals surface area contributed by atoms with Gasteiger partial charge in [0.2, 0.25) is 0 Å². The number of pyridine rings is 1. The van der Waals surface area contributed by atoms with E-state index < -0.39 is 6.50 Å². The molecule has 0 unspecified atom stereocenters. The fourth-order valence-corrected chi connectivity index (χ4v) is 1.03. The molecule has 0 saturated carbocycles. The Morgan fingerprint density at radius 3 is 3.13 bits per heavy atom. The maximum atomic E-state index is 11.7. The van der Waals surface area contributed by atoms with Crippen LogP contribution in [0.25, 0.3) is 0 Å². The Kier molecular flexibility index (Phi) is 3.32. The van der Waals surface area contributed by atoms with Crippen LogP contribution in [0.5, 0.6) is 0 Å². The van der Waals surface area contributed by atoms with Gasteiger partial charge in [0.25, 0.3) is 0 Å². The maximum Gasteiger partial charge on any atom is 0.164 e. The SMILES string of the molecule is [2H]C([2H])(CCC(=O)c1cccnc1)N(C)N=O. The monoisotopic (exact) mass is 209 g/mol. The van der Waals surface area contributed by atoms with Gasteiger partial charge in [0.1, 0.15) is 0 Å². The molecule has 5 nitrogen and oxygen atoms in total. The third kappa shape index (κ3) is 3.84. The van der Waals surface area contributed by atoms with Gasteiger partial charge in [-0.05, 0) is 18.6 Å². The van der Waals surface area contributed by atoms with Gasteiger partial charge in [-0.1, -0.05) is 0 Å². The molecule has 1 rings (SSSR count). The average molecular weight is 209 g/mol. The summed E-state index contributed by atoms with van der Waals surface area (Å²) in [5.74, 6) is -0.207. The van der Waals surface area contributed by atoms with Gasteiger partial charge in [0.15, 0.2) is 5.78 Å². The standard InChI is InChI=1S/C10H13N3O2/c1-13(12-15)7-3-5-10(14)9-4-2-6-11-8-9/h2,4,6,8H,3,5,7H2,1H3/i7D2. The summed E-state index contributed by atoms with van der Waals surface area (Å²) in [6.07, 6.45) is 2.89. The summed E-state index contributed by atoms with van der Waals surface area (Å²) in [6, 6.07) is 3.26. The van der Waals surface area contributed by atoms with Gasteiger partial charge < -0.3 is 0 Å². The third-order valence-electron chi connectivity index (χ3n) is 1.80. The molecule has 0 atom stereocenters. The Morgan fingerprint density at radius 2 is 2.53 bits per heavy atom. The smallest absolute Gasteiger partial charge is 0.164 e. The second kappa shape index (κ2) is 5.85. The number of hydrogen-bond donors (Lipinski definition) is 0. The van der Waals surface area contributed by atoms with E-state index in [4.69, 9.17) is 2.74 Å². The number of hydrogen-bond acceptors (Lipinski definition) is 4. The van der Waals surface area contributed by atoms with Crippen LogP contribution < -0.4 is 0 Å². The normalized spacial score (nSPS) is 12.6. The van der Waals surface area contributed by atoms with Crippen molar-refractivity contribution in [1.29, 1.82) is 0 Å². The number of nitroso groups, excluding NO2 is 1. The highest BCUT2D eigenvalue weighted by Gasteiger charge is 2.05. The Labute approximate surface area is 90.9 Å². The van der Waals surface area contributed by atoms with Crippen molar-refractivity contribution in [1.82, 2.24) is 9.99 Å². The molecule has 0 aliphatic carbocycles. The molecule has 1 heterocycles. The zero-order valence-corrected chi connectivity index (χ0v) is 8.38. The first kappa shape index (κ1) is 8.52. The number of ketones is 1. The van der Waals surface area contributed by atoms with Crippen molar-refractivity contribution in [2.45, 2.75) is 12.8 Å². The molecular formula is C10H13N3O2. The molecule has 0 saturated heterocycles. The van der Waals surface area contributed by atoms with E-state index in [0.29, 0.717) is 10.6 Å². The Morgan fingerprint density at radius 1 is 1.73 bits per heavy atom.